The molecule has 1 amide bonds. The molecule has 1 unspecified atom stereocenters. The maximum atomic E-state index is 13.0. The van der Waals surface area contributed by atoms with Crippen LogP contribution in [0.25, 0.3) is 0 Å². The van der Waals surface area contributed by atoms with E-state index >= 15 is 0 Å². The zero-order valence-electron chi connectivity index (χ0n) is 9.27. The van der Waals surface area contributed by atoms with Crippen LogP contribution >= 0.6 is 0 Å². The van der Waals surface area contributed by atoms with E-state index in [1.807, 2.05) is 0 Å². The molecule has 0 aromatic heterocycles. The van der Waals surface area contributed by atoms with Crippen LogP contribution in [0.4, 0.5) is 10.1 Å². The average Bonchev–Trinajstić information content (AvgIpc) is 2.23. The van der Waals surface area contributed by atoms with E-state index in [-0.39, 0.29) is 17.9 Å². The number of anilines is 1. The molecule has 0 spiro atoms. The Morgan fingerprint density at radius 2 is 2.06 bits per heavy atom. The molecule has 4 N–H and O–H groups in total. The number of carbonyl (C=O) groups is 2. The molecule has 0 saturated carbocycles. The number of esters is 1. The van der Waals surface area contributed by atoms with Crippen molar-refractivity contribution >= 4 is 17.6 Å². The van der Waals surface area contributed by atoms with Gasteiger partial charge in [0.2, 0.25) is 5.91 Å². The van der Waals surface area contributed by atoms with Crippen molar-refractivity contribution in [1.29, 1.82) is 0 Å². The van der Waals surface area contributed by atoms with Gasteiger partial charge in [-0.3, -0.25) is 4.79 Å². The fraction of sp³-hybridized carbons (Fsp3) is 0.273. The Morgan fingerprint density at radius 3 is 2.59 bits per heavy atom. The molecule has 0 heterocycles. The molecule has 0 aliphatic rings. The number of hydrogen-bond donors (Lipinski definition) is 2. The number of hydrogen-bond acceptors (Lipinski definition) is 4. The third kappa shape index (κ3) is 3.75. The third-order valence-corrected chi connectivity index (χ3v) is 2.11. The molecule has 92 valence electrons. The predicted octanol–water partition coefficient (Wildman–Crippen LogP) is 0.686. The summed E-state index contributed by atoms with van der Waals surface area (Å²) in [4.78, 5) is 22.2. The summed E-state index contributed by atoms with van der Waals surface area (Å²) in [6.45, 7) is 1.38. The minimum absolute atomic E-state index is 0.000768. The molecule has 1 aromatic carbocycles. The van der Waals surface area contributed by atoms with Crippen LogP contribution in [0.3, 0.4) is 0 Å². The Labute approximate surface area is 97.5 Å². The van der Waals surface area contributed by atoms with Crippen molar-refractivity contribution in [2.45, 2.75) is 6.92 Å². The molecule has 1 atom stereocenters. The van der Waals surface area contributed by atoms with Gasteiger partial charge in [-0.15, -0.1) is 0 Å². The van der Waals surface area contributed by atoms with Gasteiger partial charge in [-0.2, -0.15) is 0 Å². The quantitative estimate of drug-likeness (QED) is 0.597. The van der Waals surface area contributed by atoms with E-state index in [4.69, 9.17) is 16.2 Å². The van der Waals surface area contributed by atoms with Crippen molar-refractivity contribution in [3.8, 4) is 0 Å². The average molecular weight is 240 g/mol. The number of halogens is 1. The van der Waals surface area contributed by atoms with E-state index in [2.05, 4.69) is 0 Å². The lowest BCUT2D eigenvalue weighted by Crippen LogP contribution is -2.26. The zero-order chi connectivity index (χ0) is 13.0. The highest BCUT2D eigenvalue weighted by atomic mass is 19.1. The number of carbonyl (C=O) groups excluding carboxylic acids is 2. The van der Waals surface area contributed by atoms with Gasteiger partial charge in [0.15, 0.2) is 0 Å². The fourth-order valence-electron chi connectivity index (χ4n) is 1.10. The summed E-state index contributed by atoms with van der Waals surface area (Å²) in [5.41, 5.74) is 10.5. The molecule has 0 saturated heterocycles. The van der Waals surface area contributed by atoms with Gasteiger partial charge in [-0.25, -0.2) is 9.18 Å². The summed E-state index contributed by atoms with van der Waals surface area (Å²) in [5, 5.41) is 0. The van der Waals surface area contributed by atoms with Crippen molar-refractivity contribution in [3.63, 3.8) is 0 Å². The third-order valence-electron chi connectivity index (χ3n) is 2.11. The van der Waals surface area contributed by atoms with Gasteiger partial charge >= 0.3 is 5.97 Å². The first kappa shape index (κ1) is 13.0. The van der Waals surface area contributed by atoms with Crippen LogP contribution in [0.5, 0.6) is 0 Å². The van der Waals surface area contributed by atoms with Crippen LogP contribution in [0.2, 0.25) is 0 Å². The number of rotatable bonds is 4. The van der Waals surface area contributed by atoms with Crippen LogP contribution in [0.1, 0.15) is 17.3 Å². The molecule has 0 aliphatic carbocycles. The standard InChI is InChI=1S/C11H13FN2O3/c1-6(10(14)15)5-17-11(16)7-2-8(12)4-9(13)3-7/h2-4,6H,5,13H2,1H3,(H2,14,15). The van der Waals surface area contributed by atoms with Gasteiger partial charge in [0.05, 0.1) is 11.5 Å². The van der Waals surface area contributed by atoms with Crippen LogP contribution < -0.4 is 11.5 Å². The molecule has 6 heteroatoms. The molecule has 1 aromatic rings. The van der Waals surface area contributed by atoms with E-state index in [0.717, 1.165) is 12.1 Å². The highest BCUT2D eigenvalue weighted by molar-refractivity contribution is 5.90. The van der Waals surface area contributed by atoms with E-state index in [1.54, 1.807) is 0 Å². The molecular weight excluding hydrogens is 227 g/mol. The molecule has 1 rings (SSSR count). The second kappa shape index (κ2) is 5.29. The maximum absolute atomic E-state index is 13.0. The summed E-state index contributed by atoms with van der Waals surface area (Å²) in [5.74, 6) is -2.54. The number of nitrogen functional groups attached to an aromatic ring is 1. The molecule has 0 radical (unpaired) electrons. The van der Waals surface area contributed by atoms with Crippen molar-refractivity contribution in [2.75, 3.05) is 12.3 Å². The Kier molecular flexibility index (Phi) is 4.03. The van der Waals surface area contributed by atoms with Crippen molar-refractivity contribution in [2.24, 2.45) is 11.7 Å². The highest BCUT2D eigenvalue weighted by Gasteiger charge is 2.14. The molecule has 17 heavy (non-hydrogen) atoms. The normalized spacial score (nSPS) is 11.9. The lowest BCUT2D eigenvalue weighted by Gasteiger charge is -2.09. The Balaban J connectivity index is 2.67. The number of primary amides is 1. The maximum Gasteiger partial charge on any atom is 0.338 e. The minimum atomic E-state index is -0.746. The fourth-order valence-corrected chi connectivity index (χ4v) is 1.10. The Hall–Kier alpha value is -2.11. The smallest absolute Gasteiger partial charge is 0.338 e. The first-order chi connectivity index (χ1) is 7.90. The lowest BCUT2D eigenvalue weighted by molar-refractivity contribution is -0.122. The molecule has 0 fully saturated rings. The molecule has 0 aliphatic heterocycles. The first-order valence-electron chi connectivity index (χ1n) is 4.92. The van der Waals surface area contributed by atoms with Gasteiger partial charge in [-0.1, -0.05) is 6.92 Å². The topological polar surface area (TPSA) is 95.4 Å². The van der Waals surface area contributed by atoms with Gasteiger partial charge in [0, 0.05) is 5.69 Å². The van der Waals surface area contributed by atoms with Gasteiger partial charge < -0.3 is 16.2 Å². The van der Waals surface area contributed by atoms with Crippen molar-refractivity contribution in [1.82, 2.24) is 0 Å². The van der Waals surface area contributed by atoms with Crippen molar-refractivity contribution < 1.29 is 18.7 Å². The first-order valence-corrected chi connectivity index (χ1v) is 4.92. The number of benzene rings is 1. The zero-order valence-corrected chi connectivity index (χ0v) is 9.27. The summed E-state index contributed by atoms with van der Waals surface area (Å²) in [6.07, 6.45) is 0. The number of nitrogens with two attached hydrogens (primary N) is 2. The second-order valence-corrected chi connectivity index (χ2v) is 3.68. The summed E-state index contributed by atoms with van der Waals surface area (Å²) in [7, 11) is 0. The van der Waals surface area contributed by atoms with Gasteiger partial charge in [0.25, 0.3) is 0 Å². The number of amides is 1. The minimum Gasteiger partial charge on any atom is -0.461 e. The second-order valence-electron chi connectivity index (χ2n) is 3.68. The predicted molar refractivity (Wildman–Crippen MR) is 59.5 cm³/mol. The van der Waals surface area contributed by atoms with Gasteiger partial charge in [-0.05, 0) is 18.2 Å². The summed E-state index contributed by atoms with van der Waals surface area (Å²) < 4.78 is 17.8. The van der Waals surface area contributed by atoms with Gasteiger partial charge in [0.1, 0.15) is 12.4 Å². The highest BCUT2D eigenvalue weighted by Crippen LogP contribution is 2.12. The number of ether oxygens (including phenoxy) is 1. The summed E-state index contributed by atoms with van der Waals surface area (Å²) >= 11 is 0. The lowest BCUT2D eigenvalue weighted by atomic mass is 10.2. The van der Waals surface area contributed by atoms with Crippen LogP contribution in [-0.4, -0.2) is 18.5 Å². The Morgan fingerprint density at radius 1 is 1.41 bits per heavy atom. The largest absolute Gasteiger partial charge is 0.461 e. The summed E-state index contributed by atoms with van der Waals surface area (Å²) in [6, 6.07) is 3.39. The molecule has 0 bridgehead atoms. The van der Waals surface area contributed by atoms with E-state index in [9.17, 15) is 14.0 Å². The molecule has 5 nitrogen and oxygen atoms in total. The van der Waals surface area contributed by atoms with Crippen LogP contribution in [-0.2, 0) is 9.53 Å². The van der Waals surface area contributed by atoms with E-state index < -0.39 is 23.6 Å². The van der Waals surface area contributed by atoms with E-state index in [0.29, 0.717) is 0 Å². The van der Waals surface area contributed by atoms with Crippen LogP contribution in [0.15, 0.2) is 18.2 Å². The SMILES string of the molecule is CC(COC(=O)c1cc(N)cc(F)c1)C(N)=O. The molecular formula is C11H13FN2O3. The monoisotopic (exact) mass is 240 g/mol. The van der Waals surface area contributed by atoms with Crippen molar-refractivity contribution in [3.05, 3.63) is 29.6 Å². The van der Waals surface area contributed by atoms with Crippen LogP contribution in [0, 0.1) is 11.7 Å². The van der Waals surface area contributed by atoms with E-state index in [1.165, 1.54) is 13.0 Å². The Bertz CT molecular complexity index is 428.